The molecule has 1 aromatic rings. The van der Waals surface area contributed by atoms with Gasteiger partial charge in [-0.15, -0.1) is 0 Å². The fraction of sp³-hybridized carbons (Fsp3) is 0.714. The summed E-state index contributed by atoms with van der Waals surface area (Å²) in [4.78, 5) is 4.71. The Morgan fingerprint density at radius 2 is 2.21 bits per heavy atom. The van der Waals surface area contributed by atoms with Gasteiger partial charge >= 0.3 is 0 Å². The van der Waals surface area contributed by atoms with Gasteiger partial charge in [0.15, 0.2) is 5.17 Å². The van der Waals surface area contributed by atoms with E-state index < -0.39 is 0 Å². The van der Waals surface area contributed by atoms with E-state index in [1.807, 2.05) is 25.6 Å². The third-order valence-electron chi connectivity index (χ3n) is 4.21. The molecule has 2 fully saturated rings. The van der Waals surface area contributed by atoms with Crippen LogP contribution in [0.3, 0.4) is 0 Å². The first kappa shape index (κ1) is 13.0. The average Bonchev–Trinajstić information content (AvgIpc) is 2.76. The van der Waals surface area contributed by atoms with Crippen molar-refractivity contribution in [2.45, 2.75) is 52.1 Å². The highest BCUT2D eigenvalue weighted by Crippen LogP contribution is 2.31. The highest BCUT2D eigenvalue weighted by molar-refractivity contribution is 8.13. The van der Waals surface area contributed by atoms with Crippen molar-refractivity contribution < 1.29 is 4.52 Å². The Labute approximate surface area is 118 Å². The summed E-state index contributed by atoms with van der Waals surface area (Å²) in [7, 11) is 0. The van der Waals surface area contributed by atoms with E-state index >= 15 is 0 Å². The maximum atomic E-state index is 5.17. The highest BCUT2D eigenvalue weighted by Gasteiger charge is 2.30. The van der Waals surface area contributed by atoms with E-state index in [-0.39, 0.29) is 0 Å². The number of fused-ring (bicyclic) bond motifs is 1. The number of aryl methyl sites for hydroxylation is 2. The zero-order chi connectivity index (χ0) is 13.2. The largest absolute Gasteiger partial charge is 0.362 e. The van der Waals surface area contributed by atoms with Crippen molar-refractivity contribution in [3.63, 3.8) is 0 Å². The topological polar surface area (TPSA) is 50.4 Å². The van der Waals surface area contributed by atoms with Crippen molar-refractivity contribution in [3.05, 3.63) is 17.0 Å². The van der Waals surface area contributed by atoms with Crippen molar-refractivity contribution in [2.24, 2.45) is 10.9 Å². The van der Waals surface area contributed by atoms with Gasteiger partial charge in [0, 0.05) is 17.4 Å². The molecule has 0 radical (unpaired) electrons. The summed E-state index contributed by atoms with van der Waals surface area (Å²) in [6, 6.07) is 0.651. The van der Waals surface area contributed by atoms with Crippen molar-refractivity contribution in [3.8, 4) is 0 Å². The molecular weight excluding hydrogens is 258 g/mol. The van der Waals surface area contributed by atoms with Crippen LogP contribution in [0.5, 0.6) is 0 Å². The first-order chi connectivity index (χ1) is 9.24. The normalized spacial score (nSPS) is 29.1. The molecular formula is C14H21N3OS. The quantitative estimate of drug-likeness (QED) is 0.904. The maximum absolute atomic E-state index is 5.17. The summed E-state index contributed by atoms with van der Waals surface area (Å²) >= 11 is 1.87. The van der Waals surface area contributed by atoms with Crippen LogP contribution in [0.15, 0.2) is 9.52 Å². The smallest absolute Gasteiger partial charge is 0.157 e. The number of aliphatic imine (C=N–C) groups is 1. The fourth-order valence-corrected chi connectivity index (χ4v) is 4.11. The minimum Gasteiger partial charge on any atom is -0.362 e. The van der Waals surface area contributed by atoms with Crippen LogP contribution in [-0.2, 0) is 6.54 Å². The lowest BCUT2D eigenvalue weighted by Crippen LogP contribution is -2.46. The van der Waals surface area contributed by atoms with Gasteiger partial charge in [-0.2, -0.15) is 0 Å². The summed E-state index contributed by atoms with van der Waals surface area (Å²) in [5.74, 6) is 2.95. The molecule has 1 aliphatic carbocycles. The molecule has 5 heteroatoms. The standard InChI is InChI=1S/C14H21N3OS/c1-9-12(10(2)18-17-9)7-15-14-16-13-6-4-3-5-11(13)8-19-14/h11,13H,3-8H2,1-2H3,(H,15,16). The monoisotopic (exact) mass is 279 g/mol. The van der Waals surface area contributed by atoms with Gasteiger partial charge in [0.25, 0.3) is 0 Å². The van der Waals surface area contributed by atoms with Gasteiger partial charge in [-0.3, -0.25) is 4.99 Å². The number of nitrogens with zero attached hydrogens (tertiary/aromatic N) is 2. The van der Waals surface area contributed by atoms with E-state index in [0.29, 0.717) is 12.6 Å². The molecule has 2 atom stereocenters. The van der Waals surface area contributed by atoms with Gasteiger partial charge in [0.2, 0.25) is 0 Å². The van der Waals surface area contributed by atoms with Crippen molar-refractivity contribution in [2.75, 3.05) is 5.75 Å². The third-order valence-corrected chi connectivity index (χ3v) is 5.33. The lowest BCUT2D eigenvalue weighted by Gasteiger charge is -2.36. The first-order valence-corrected chi connectivity index (χ1v) is 8.08. The second kappa shape index (κ2) is 5.57. The first-order valence-electron chi connectivity index (χ1n) is 7.09. The van der Waals surface area contributed by atoms with E-state index in [0.717, 1.165) is 28.1 Å². The molecule has 0 bridgehead atoms. The summed E-state index contributed by atoms with van der Waals surface area (Å²) in [6.45, 7) is 4.60. The molecule has 1 aromatic heterocycles. The van der Waals surface area contributed by atoms with Gasteiger partial charge in [-0.25, -0.2) is 0 Å². The Morgan fingerprint density at radius 3 is 3.00 bits per heavy atom. The van der Waals surface area contributed by atoms with Crippen molar-refractivity contribution >= 4 is 16.9 Å². The van der Waals surface area contributed by atoms with E-state index in [9.17, 15) is 0 Å². The Kier molecular flexibility index (Phi) is 3.82. The molecule has 0 amide bonds. The molecule has 3 rings (SSSR count). The summed E-state index contributed by atoms with van der Waals surface area (Å²) in [5, 5.41) is 8.69. The fourth-order valence-electron chi connectivity index (χ4n) is 2.95. The molecule has 0 aromatic carbocycles. The molecule has 0 spiro atoms. The van der Waals surface area contributed by atoms with E-state index in [4.69, 9.17) is 9.52 Å². The molecule has 2 heterocycles. The van der Waals surface area contributed by atoms with Gasteiger partial charge in [-0.05, 0) is 32.6 Å². The lowest BCUT2D eigenvalue weighted by molar-refractivity contribution is 0.311. The number of thioether (sulfide) groups is 1. The summed E-state index contributed by atoms with van der Waals surface area (Å²) in [5.41, 5.74) is 2.08. The Morgan fingerprint density at radius 1 is 1.37 bits per heavy atom. The predicted molar refractivity (Wildman–Crippen MR) is 78.5 cm³/mol. The maximum Gasteiger partial charge on any atom is 0.157 e. The second-order valence-electron chi connectivity index (χ2n) is 5.53. The van der Waals surface area contributed by atoms with Crippen LogP contribution in [0, 0.1) is 19.8 Å². The minimum absolute atomic E-state index is 0.651. The molecule has 2 unspecified atom stereocenters. The van der Waals surface area contributed by atoms with Crippen molar-refractivity contribution in [1.82, 2.24) is 10.5 Å². The van der Waals surface area contributed by atoms with Gasteiger partial charge < -0.3 is 9.84 Å². The number of rotatable bonds is 2. The number of hydrogen-bond donors (Lipinski definition) is 1. The highest BCUT2D eigenvalue weighted by atomic mass is 32.2. The van der Waals surface area contributed by atoms with Crippen LogP contribution in [0.1, 0.15) is 42.7 Å². The molecule has 2 aliphatic rings. The summed E-state index contributed by atoms with van der Waals surface area (Å²) < 4.78 is 5.17. The number of hydrogen-bond acceptors (Lipinski definition) is 4. The number of nitrogens with one attached hydrogen (secondary N) is 1. The lowest BCUT2D eigenvalue weighted by atomic mass is 9.86. The number of amidine groups is 1. The van der Waals surface area contributed by atoms with Crippen molar-refractivity contribution in [1.29, 1.82) is 0 Å². The van der Waals surface area contributed by atoms with E-state index in [1.165, 1.54) is 31.4 Å². The molecule has 19 heavy (non-hydrogen) atoms. The number of aromatic nitrogens is 1. The average molecular weight is 279 g/mol. The molecule has 1 saturated heterocycles. The minimum atomic E-state index is 0.651. The van der Waals surface area contributed by atoms with Gasteiger partial charge in [-0.1, -0.05) is 29.8 Å². The van der Waals surface area contributed by atoms with Gasteiger partial charge in [0.05, 0.1) is 12.2 Å². The Hall–Kier alpha value is -0.970. The van der Waals surface area contributed by atoms with Crippen LogP contribution in [0.25, 0.3) is 0 Å². The van der Waals surface area contributed by atoms with E-state index in [1.54, 1.807) is 0 Å². The van der Waals surface area contributed by atoms with Gasteiger partial charge in [0.1, 0.15) is 5.76 Å². The molecule has 104 valence electrons. The van der Waals surface area contributed by atoms with Crippen LogP contribution in [-0.4, -0.2) is 22.1 Å². The molecule has 4 nitrogen and oxygen atoms in total. The molecule has 1 aliphatic heterocycles. The van der Waals surface area contributed by atoms with Crippen LogP contribution < -0.4 is 5.32 Å². The van der Waals surface area contributed by atoms with Crippen LogP contribution in [0.2, 0.25) is 0 Å². The molecule has 1 saturated carbocycles. The SMILES string of the molecule is Cc1noc(C)c1CN=C1NC2CCCCC2CS1. The van der Waals surface area contributed by atoms with Crippen LogP contribution in [0.4, 0.5) is 0 Å². The Bertz CT molecular complexity index is 464. The van der Waals surface area contributed by atoms with E-state index in [2.05, 4.69) is 10.5 Å². The van der Waals surface area contributed by atoms with Crippen LogP contribution >= 0.6 is 11.8 Å². The summed E-state index contributed by atoms with van der Waals surface area (Å²) in [6.07, 6.45) is 5.43. The Balaban J connectivity index is 1.65. The molecule has 1 N–H and O–H groups in total. The zero-order valence-electron chi connectivity index (χ0n) is 11.6. The third kappa shape index (κ3) is 2.81. The predicted octanol–water partition coefficient (Wildman–Crippen LogP) is 3.04. The zero-order valence-corrected chi connectivity index (χ0v) is 12.4. The second-order valence-corrected chi connectivity index (χ2v) is 6.54.